The summed E-state index contributed by atoms with van der Waals surface area (Å²) in [5.74, 6) is -1.70. The number of carbonyl (C=O) groups is 2. The molecule has 0 fully saturated rings. The van der Waals surface area contributed by atoms with E-state index in [0.717, 1.165) is 6.08 Å². The number of hydrogen-bond acceptors (Lipinski definition) is 4. The van der Waals surface area contributed by atoms with E-state index >= 15 is 0 Å². The number of pyridine rings is 1. The highest BCUT2D eigenvalue weighted by Gasteiger charge is 2.14. The normalized spacial score (nSPS) is 11.6. The summed E-state index contributed by atoms with van der Waals surface area (Å²) in [6, 6.07) is 1.22. The van der Waals surface area contributed by atoms with Gasteiger partial charge in [-0.15, -0.1) is 0 Å². The van der Waals surface area contributed by atoms with Gasteiger partial charge in [0.25, 0.3) is 0 Å². The van der Waals surface area contributed by atoms with Gasteiger partial charge in [-0.05, 0) is 32.9 Å². The molecule has 0 aliphatic heterocycles. The van der Waals surface area contributed by atoms with Gasteiger partial charge in [0.05, 0.1) is 5.56 Å². The Morgan fingerprint density at radius 3 is 2.58 bits per heavy atom. The zero-order chi connectivity index (χ0) is 14.6. The summed E-state index contributed by atoms with van der Waals surface area (Å²) < 4.78 is 5.06. The van der Waals surface area contributed by atoms with Gasteiger partial charge in [-0.25, -0.2) is 14.6 Å². The number of esters is 1. The predicted octanol–water partition coefficient (Wildman–Crippen LogP) is 2.79. The number of carbonyl (C=O) groups excluding carboxylic acids is 1. The Balaban J connectivity index is 2.94. The van der Waals surface area contributed by atoms with Crippen molar-refractivity contribution in [1.82, 2.24) is 4.98 Å². The third-order valence-corrected chi connectivity index (χ3v) is 2.14. The van der Waals surface area contributed by atoms with Gasteiger partial charge in [0.2, 0.25) is 0 Å². The minimum absolute atomic E-state index is 0.0280. The molecule has 0 aliphatic rings. The monoisotopic (exact) mass is 283 g/mol. The number of carboxylic acids is 1. The quantitative estimate of drug-likeness (QED) is 0.524. The Bertz CT molecular complexity index is 532. The first-order chi connectivity index (χ1) is 8.69. The minimum Gasteiger partial charge on any atom is -0.478 e. The number of carboxylic acid groups (broad SMARTS) is 1. The van der Waals surface area contributed by atoms with Crippen molar-refractivity contribution in [3.8, 4) is 0 Å². The van der Waals surface area contributed by atoms with E-state index in [9.17, 15) is 9.59 Å². The van der Waals surface area contributed by atoms with Gasteiger partial charge in [-0.3, -0.25) is 0 Å². The van der Waals surface area contributed by atoms with Gasteiger partial charge in [-0.2, -0.15) is 0 Å². The number of aromatic carboxylic acids is 1. The van der Waals surface area contributed by atoms with Gasteiger partial charge in [0.15, 0.2) is 0 Å². The second kappa shape index (κ2) is 5.84. The van der Waals surface area contributed by atoms with Crippen molar-refractivity contribution in [2.75, 3.05) is 0 Å². The maximum atomic E-state index is 11.5. The number of aromatic nitrogens is 1. The molecule has 0 unspecified atom stereocenters. The molecule has 0 radical (unpaired) electrons. The fraction of sp³-hybridized carbons (Fsp3) is 0.308. The van der Waals surface area contributed by atoms with Crippen molar-refractivity contribution in [3.63, 3.8) is 0 Å². The molecule has 0 aromatic carbocycles. The van der Waals surface area contributed by atoms with Crippen molar-refractivity contribution in [3.05, 3.63) is 34.6 Å². The predicted molar refractivity (Wildman–Crippen MR) is 71.1 cm³/mol. The van der Waals surface area contributed by atoms with Crippen LogP contribution in [0.1, 0.15) is 36.7 Å². The highest BCUT2D eigenvalue weighted by Crippen LogP contribution is 2.15. The van der Waals surface area contributed by atoms with E-state index in [2.05, 4.69) is 4.98 Å². The van der Waals surface area contributed by atoms with Crippen LogP contribution in [0.4, 0.5) is 0 Å². The van der Waals surface area contributed by atoms with Crippen molar-refractivity contribution >= 4 is 29.6 Å². The van der Waals surface area contributed by atoms with E-state index in [4.69, 9.17) is 21.4 Å². The molecule has 102 valence electrons. The third kappa shape index (κ3) is 5.09. The average Bonchev–Trinajstić information content (AvgIpc) is 2.24. The molecule has 1 N–H and O–H groups in total. The van der Waals surface area contributed by atoms with Gasteiger partial charge in [0.1, 0.15) is 10.8 Å². The molecule has 19 heavy (non-hydrogen) atoms. The van der Waals surface area contributed by atoms with Gasteiger partial charge in [0, 0.05) is 17.8 Å². The van der Waals surface area contributed by atoms with E-state index in [1.165, 1.54) is 18.3 Å². The summed E-state index contributed by atoms with van der Waals surface area (Å²) in [7, 11) is 0. The Kier molecular flexibility index (Phi) is 4.67. The molecule has 1 heterocycles. The molecular weight excluding hydrogens is 270 g/mol. The van der Waals surface area contributed by atoms with Crippen LogP contribution in [0.5, 0.6) is 0 Å². The fourth-order valence-corrected chi connectivity index (χ4v) is 1.41. The molecule has 0 bridgehead atoms. The molecular formula is C13H14ClNO4. The molecule has 1 aromatic heterocycles. The molecule has 1 aromatic rings. The van der Waals surface area contributed by atoms with E-state index in [1.54, 1.807) is 20.8 Å². The minimum atomic E-state index is -1.15. The topological polar surface area (TPSA) is 76.5 Å². The van der Waals surface area contributed by atoms with Crippen LogP contribution in [0.2, 0.25) is 5.15 Å². The summed E-state index contributed by atoms with van der Waals surface area (Å²) in [5.41, 5.74) is -0.350. The van der Waals surface area contributed by atoms with Crippen LogP contribution in [-0.2, 0) is 9.53 Å². The van der Waals surface area contributed by atoms with E-state index < -0.39 is 17.5 Å². The van der Waals surface area contributed by atoms with Crippen LogP contribution in [0.3, 0.4) is 0 Å². The second-order valence-corrected chi connectivity index (χ2v) is 5.15. The summed E-state index contributed by atoms with van der Waals surface area (Å²) in [6.45, 7) is 5.22. The smallest absolute Gasteiger partial charge is 0.336 e. The molecule has 0 spiro atoms. The maximum Gasteiger partial charge on any atom is 0.336 e. The molecule has 0 aliphatic carbocycles. The Morgan fingerprint density at radius 2 is 2.05 bits per heavy atom. The SMILES string of the molecule is CC(C)(C)OC(=O)C=Cc1cnc(Cl)cc1C(=O)O. The first-order valence-corrected chi connectivity index (χ1v) is 5.87. The number of hydrogen-bond donors (Lipinski definition) is 1. The van der Waals surface area contributed by atoms with E-state index in [1.807, 2.05) is 0 Å². The van der Waals surface area contributed by atoms with Crippen LogP contribution in [0.15, 0.2) is 18.3 Å². The number of rotatable bonds is 3. The van der Waals surface area contributed by atoms with Crippen molar-refractivity contribution < 1.29 is 19.4 Å². The first-order valence-electron chi connectivity index (χ1n) is 5.49. The average molecular weight is 284 g/mol. The summed E-state index contributed by atoms with van der Waals surface area (Å²) in [6.07, 6.45) is 3.77. The lowest BCUT2D eigenvalue weighted by molar-refractivity contribution is -0.148. The van der Waals surface area contributed by atoms with Crippen LogP contribution < -0.4 is 0 Å². The molecule has 0 amide bonds. The third-order valence-electron chi connectivity index (χ3n) is 1.94. The van der Waals surface area contributed by atoms with Crippen LogP contribution in [0.25, 0.3) is 6.08 Å². The number of ether oxygens (including phenoxy) is 1. The molecule has 0 saturated heterocycles. The Morgan fingerprint density at radius 1 is 1.42 bits per heavy atom. The maximum absolute atomic E-state index is 11.5. The molecule has 0 saturated carbocycles. The van der Waals surface area contributed by atoms with Gasteiger partial charge >= 0.3 is 11.9 Å². The Labute approximate surface area is 115 Å². The zero-order valence-electron chi connectivity index (χ0n) is 10.8. The van der Waals surface area contributed by atoms with Crippen molar-refractivity contribution in [2.45, 2.75) is 26.4 Å². The number of nitrogens with zero attached hydrogens (tertiary/aromatic N) is 1. The molecule has 0 atom stereocenters. The molecule has 1 rings (SSSR count). The lowest BCUT2D eigenvalue weighted by atomic mass is 10.1. The summed E-state index contributed by atoms with van der Waals surface area (Å²) >= 11 is 5.62. The second-order valence-electron chi connectivity index (χ2n) is 4.77. The summed E-state index contributed by atoms with van der Waals surface area (Å²) in [4.78, 5) is 26.3. The standard InChI is InChI=1S/C13H14ClNO4/c1-13(2,3)19-11(16)5-4-8-7-15-10(14)6-9(8)12(17)18/h4-7H,1-3H3,(H,17,18). The van der Waals surface area contributed by atoms with Gasteiger partial charge < -0.3 is 9.84 Å². The van der Waals surface area contributed by atoms with E-state index in [-0.39, 0.29) is 16.3 Å². The van der Waals surface area contributed by atoms with Gasteiger partial charge in [-0.1, -0.05) is 11.6 Å². The lowest BCUT2D eigenvalue weighted by Gasteiger charge is -2.17. The van der Waals surface area contributed by atoms with Crippen LogP contribution in [-0.4, -0.2) is 27.6 Å². The molecule has 6 heteroatoms. The first kappa shape index (κ1) is 15.2. The highest BCUT2D eigenvalue weighted by atomic mass is 35.5. The lowest BCUT2D eigenvalue weighted by Crippen LogP contribution is -2.22. The molecule has 5 nitrogen and oxygen atoms in total. The Hall–Kier alpha value is -1.88. The van der Waals surface area contributed by atoms with E-state index in [0.29, 0.717) is 0 Å². The number of halogens is 1. The van der Waals surface area contributed by atoms with Crippen molar-refractivity contribution in [2.24, 2.45) is 0 Å². The fourth-order valence-electron chi connectivity index (χ4n) is 1.25. The largest absolute Gasteiger partial charge is 0.478 e. The van der Waals surface area contributed by atoms with Crippen LogP contribution >= 0.6 is 11.6 Å². The summed E-state index contributed by atoms with van der Waals surface area (Å²) in [5, 5.41) is 9.08. The highest BCUT2D eigenvalue weighted by molar-refractivity contribution is 6.29. The van der Waals surface area contributed by atoms with Crippen molar-refractivity contribution in [1.29, 1.82) is 0 Å². The zero-order valence-corrected chi connectivity index (χ0v) is 11.6. The van der Waals surface area contributed by atoms with Crippen LogP contribution in [0, 0.1) is 0 Å².